The fourth-order valence-corrected chi connectivity index (χ4v) is 1.34. The Bertz CT molecular complexity index is 552. The largest absolute Gasteiger partial charge is 0.574 e. The van der Waals surface area contributed by atoms with Gasteiger partial charge in [-0.3, -0.25) is 9.78 Å². The van der Waals surface area contributed by atoms with E-state index in [0.717, 1.165) is 0 Å². The van der Waals surface area contributed by atoms with Gasteiger partial charge in [-0.2, -0.15) is 0 Å². The van der Waals surface area contributed by atoms with E-state index < -0.39 is 41.3 Å². The van der Waals surface area contributed by atoms with Crippen molar-refractivity contribution in [3.05, 3.63) is 27.5 Å². The summed E-state index contributed by atoms with van der Waals surface area (Å²) in [5.74, 6) is -2.89. The minimum atomic E-state index is -5.31. The van der Waals surface area contributed by atoms with Crippen LogP contribution in [0.15, 0.2) is 10.9 Å². The number of esters is 1. The lowest BCUT2D eigenvalue weighted by Crippen LogP contribution is -2.24. The summed E-state index contributed by atoms with van der Waals surface area (Å²) in [6.07, 6.45) is -8.79. The lowest BCUT2D eigenvalue weighted by atomic mass is 10.1. The molecule has 0 unspecified atom stereocenters. The van der Waals surface area contributed by atoms with Crippen molar-refractivity contribution in [3.63, 3.8) is 0 Å². The zero-order valence-electron chi connectivity index (χ0n) is 9.88. The molecule has 5 nitrogen and oxygen atoms in total. The smallest absolute Gasteiger partial charge is 0.462 e. The van der Waals surface area contributed by atoms with Crippen molar-refractivity contribution < 1.29 is 36.2 Å². The van der Waals surface area contributed by atoms with Gasteiger partial charge in [0.25, 0.3) is 12.0 Å². The predicted octanol–water partition coefficient (Wildman–Crippen LogP) is 2.39. The van der Waals surface area contributed by atoms with Crippen LogP contribution in [-0.2, 0) is 4.74 Å². The number of rotatable bonds is 4. The number of hydrogen-bond acceptors (Lipinski definition) is 4. The Kier molecular flexibility index (Phi) is 4.69. The molecule has 0 saturated heterocycles. The van der Waals surface area contributed by atoms with Crippen molar-refractivity contribution in [2.75, 3.05) is 6.61 Å². The Hall–Kier alpha value is -2.13. The molecule has 10 heteroatoms. The maximum Gasteiger partial charge on any atom is 0.574 e. The summed E-state index contributed by atoms with van der Waals surface area (Å²) < 4.78 is 69.6. The number of nitrogens with one attached hydrogen (secondary N) is 1. The second kappa shape index (κ2) is 5.88. The molecule has 0 fully saturated rings. The van der Waals surface area contributed by atoms with E-state index in [-0.39, 0.29) is 6.61 Å². The number of carbonyl (C=O) groups excluding carboxylic acids is 1. The lowest BCUT2D eigenvalue weighted by Gasteiger charge is -2.14. The minimum Gasteiger partial charge on any atom is -0.462 e. The number of aromatic amines is 1. The number of carbonyl (C=O) groups is 1. The van der Waals surface area contributed by atoms with E-state index in [2.05, 4.69) is 9.47 Å². The molecule has 20 heavy (non-hydrogen) atoms. The summed E-state index contributed by atoms with van der Waals surface area (Å²) in [4.78, 5) is 24.0. The molecule has 0 aromatic carbocycles. The van der Waals surface area contributed by atoms with Gasteiger partial charge in [0.1, 0.15) is 0 Å². The molecule has 0 saturated carbocycles. The lowest BCUT2D eigenvalue weighted by molar-refractivity contribution is -0.276. The molecule has 0 radical (unpaired) electrons. The van der Waals surface area contributed by atoms with Crippen molar-refractivity contribution in [2.45, 2.75) is 19.7 Å². The van der Waals surface area contributed by atoms with E-state index >= 15 is 0 Å². The van der Waals surface area contributed by atoms with Crippen LogP contribution in [0.3, 0.4) is 0 Å². The fourth-order valence-electron chi connectivity index (χ4n) is 1.34. The molecule has 0 aliphatic carbocycles. The highest BCUT2D eigenvalue weighted by Gasteiger charge is 2.36. The highest BCUT2D eigenvalue weighted by molar-refractivity contribution is 5.91. The monoisotopic (exact) mass is 301 g/mol. The van der Waals surface area contributed by atoms with Crippen molar-refractivity contribution in [3.8, 4) is 5.88 Å². The van der Waals surface area contributed by atoms with Crippen LogP contribution >= 0.6 is 0 Å². The number of hydrogen-bond donors (Lipinski definition) is 1. The Balaban J connectivity index is 3.44. The maximum atomic E-state index is 12.8. The van der Waals surface area contributed by atoms with Crippen LogP contribution in [0.4, 0.5) is 22.0 Å². The van der Waals surface area contributed by atoms with Crippen LogP contribution in [0.2, 0.25) is 0 Å². The molecule has 0 amide bonds. The molecule has 0 bridgehead atoms. The molecule has 1 aromatic rings. The normalized spacial score (nSPS) is 11.6. The standard InChI is InChI=1S/C10H8F5NO4/c1-2-19-9(18)4-3-5(17)16-8(6(4)7(11)12)20-10(13,14)15/h3,7H,2H2,1H3,(H,16,17). The first kappa shape index (κ1) is 15.9. The summed E-state index contributed by atoms with van der Waals surface area (Å²) in [5.41, 5.74) is -3.58. The molecule has 1 N–H and O–H groups in total. The molecule has 1 heterocycles. The molecule has 1 rings (SSSR count). The van der Waals surface area contributed by atoms with Gasteiger partial charge in [0.15, 0.2) is 0 Å². The van der Waals surface area contributed by atoms with E-state index in [4.69, 9.17) is 0 Å². The van der Waals surface area contributed by atoms with Crippen LogP contribution in [0, 0.1) is 0 Å². The topological polar surface area (TPSA) is 68.4 Å². The zero-order chi connectivity index (χ0) is 15.5. The summed E-state index contributed by atoms with van der Waals surface area (Å²) in [7, 11) is 0. The highest BCUT2D eigenvalue weighted by atomic mass is 19.4. The van der Waals surface area contributed by atoms with Crippen LogP contribution < -0.4 is 10.3 Å². The molecule has 1 aromatic heterocycles. The van der Waals surface area contributed by atoms with Gasteiger partial charge >= 0.3 is 12.3 Å². The fraction of sp³-hybridized carbons (Fsp3) is 0.400. The summed E-state index contributed by atoms with van der Waals surface area (Å²) in [5, 5.41) is 0. The van der Waals surface area contributed by atoms with Crippen LogP contribution in [0.1, 0.15) is 29.3 Å². The van der Waals surface area contributed by atoms with Crippen molar-refractivity contribution in [1.29, 1.82) is 0 Å². The van der Waals surface area contributed by atoms with Gasteiger partial charge in [0, 0.05) is 6.07 Å². The predicted molar refractivity (Wildman–Crippen MR) is 54.7 cm³/mol. The molecule has 0 spiro atoms. The second-order valence-corrected chi connectivity index (χ2v) is 3.36. The summed E-state index contributed by atoms with van der Waals surface area (Å²) in [6.45, 7) is 1.16. The van der Waals surface area contributed by atoms with Crippen molar-refractivity contribution >= 4 is 5.97 Å². The number of pyridine rings is 1. The van der Waals surface area contributed by atoms with E-state index in [1.165, 1.54) is 11.9 Å². The Morgan fingerprint density at radius 3 is 2.45 bits per heavy atom. The molecular formula is C10H8F5NO4. The molecule has 0 aliphatic heterocycles. The Morgan fingerprint density at radius 1 is 1.40 bits per heavy atom. The van der Waals surface area contributed by atoms with Crippen molar-refractivity contribution in [1.82, 2.24) is 4.98 Å². The first-order chi connectivity index (χ1) is 9.15. The molecular weight excluding hydrogens is 293 g/mol. The third-order valence-corrected chi connectivity index (χ3v) is 1.98. The van der Waals surface area contributed by atoms with E-state index in [1.54, 1.807) is 0 Å². The molecule has 0 aliphatic rings. The van der Waals surface area contributed by atoms with Gasteiger partial charge in [0.2, 0.25) is 5.88 Å². The van der Waals surface area contributed by atoms with E-state index in [1.807, 2.05) is 0 Å². The minimum absolute atomic E-state index is 0.205. The van der Waals surface area contributed by atoms with Crippen LogP contribution in [0.25, 0.3) is 0 Å². The SMILES string of the molecule is CCOC(=O)c1cc(=O)[nH]c(OC(F)(F)F)c1C(F)F. The van der Waals surface area contributed by atoms with Gasteiger partial charge in [-0.05, 0) is 6.92 Å². The number of ether oxygens (including phenoxy) is 2. The average molecular weight is 301 g/mol. The highest BCUT2D eigenvalue weighted by Crippen LogP contribution is 2.33. The Labute approximate surface area is 108 Å². The number of halogens is 5. The Morgan fingerprint density at radius 2 is 2.00 bits per heavy atom. The summed E-state index contributed by atoms with van der Waals surface area (Å²) >= 11 is 0. The number of aromatic nitrogens is 1. The van der Waals surface area contributed by atoms with Gasteiger partial charge in [-0.15, -0.1) is 13.2 Å². The average Bonchev–Trinajstić information content (AvgIpc) is 2.25. The first-order valence-electron chi connectivity index (χ1n) is 5.14. The molecule has 112 valence electrons. The summed E-state index contributed by atoms with van der Waals surface area (Å²) in [6, 6.07) is 0.419. The first-order valence-corrected chi connectivity index (χ1v) is 5.14. The number of H-pyrrole nitrogens is 1. The van der Waals surface area contributed by atoms with Crippen molar-refractivity contribution in [2.24, 2.45) is 0 Å². The second-order valence-electron chi connectivity index (χ2n) is 3.36. The zero-order valence-corrected chi connectivity index (χ0v) is 9.88. The number of alkyl halides is 5. The van der Waals surface area contributed by atoms with Gasteiger partial charge < -0.3 is 9.47 Å². The van der Waals surface area contributed by atoms with E-state index in [0.29, 0.717) is 6.07 Å². The van der Waals surface area contributed by atoms with Gasteiger partial charge in [-0.25, -0.2) is 13.6 Å². The van der Waals surface area contributed by atoms with Crippen LogP contribution in [-0.4, -0.2) is 23.9 Å². The van der Waals surface area contributed by atoms with E-state index in [9.17, 15) is 31.5 Å². The molecule has 0 atom stereocenters. The maximum absolute atomic E-state index is 12.8. The van der Waals surface area contributed by atoms with Crippen LogP contribution in [0.5, 0.6) is 5.88 Å². The van der Waals surface area contributed by atoms with Gasteiger partial charge in [0.05, 0.1) is 17.7 Å². The third kappa shape index (κ3) is 3.93. The third-order valence-electron chi connectivity index (χ3n) is 1.98. The quantitative estimate of drug-likeness (QED) is 0.685. The van der Waals surface area contributed by atoms with Gasteiger partial charge in [-0.1, -0.05) is 0 Å².